The van der Waals surface area contributed by atoms with Gasteiger partial charge in [0.15, 0.2) is 18.0 Å². The van der Waals surface area contributed by atoms with Crippen LogP contribution in [0.3, 0.4) is 0 Å². The van der Waals surface area contributed by atoms with Gasteiger partial charge in [-0.1, -0.05) is 0 Å². The molecule has 0 N–H and O–H groups in total. The summed E-state index contributed by atoms with van der Waals surface area (Å²) in [4.78, 5) is 3.85. The molecule has 0 aromatic carbocycles. The largest absolute Gasteiger partial charge is 0.483 e. The number of ether oxygens (including phenoxy) is 1. The Hall–Kier alpha value is -1.45. The van der Waals surface area contributed by atoms with Gasteiger partial charge in [0.25, 0.3) is 0 Å². The summed E-state index contributed by atoms with van der Waals surface area (Å²) in [5.41, 5.74) is 0.669. The summed E-state index contributed by atoms with van der Waals surface area (Å²) in [5.74, 6) is -5.15. The highest BCUT2D eigenvalue weighted by Gasteiger charge is 2.58. The molecule has 20 heavy (non-hydrogen) atoms. The molecule has 2 heterocycles. The zero-order chi connectivity index (χ0) is 15.1. The van der Waals surface area contributed by atoms with E-state index in [0.29, 0.717) is 5.69 Å². The van der Waals surface area contributed by atoms with Gasteiger partial charge in [-0.15, -0.1) is 5.10 Å². The van der Waals surface area contributed by atoms with Crippen molar-refractivity contribution in [2.75, 3.05) is 6.61 Å². The van der Waals surface area contributed by atoms with E-state index in [0.717, 1.165) is 0 Å². The molecule has 110 valence electrons. The minimum absolute atomic E-state index is 0.0508. The third kappa shape index (κ3) is 2.69. The van der Waals surface area contributed by atoms with Crippen molar-refractivity contribution < 1.29 is 26.7 Å². The molecular formula is C10H7BrF5N3O. The van der Waals surface area contributed by atoms with E-state index < -0.39 is 18.7 Å². The SMILES string of the molecule is Cc1ccc(OCC(F)(F)C(F)(F)F)c2nc(Br)nn12. The lowest BCUT2D eigenvalue weighted by Gasteiger charge is -2.19. The standard InChI is InChI=1S/C10H7BrF5N3O/c1-5-2-3-6(7-17-8(11)18-19(5)7)20-4-9(12,13)10(14,15)16/h2-3H,4H2,1H3. The molecule has 4 nitrogen and oxygen atoms in total. The van der Waals surface area contributed by atoms with Gasteiger partial charge in [-0.2, -0.15) is 26.9 Å². The van der Waals surface area contributed by atoms with E-state index in [4.69, 9.17) is 0 Å². The Bertz CT molecular complexity index is 640. The van der Waals surface area contributed by atoms with Crippen molar-refractivity contribution in [3.8, 4) is 5.75 Å². The highest BCUT2D eigenvalue weighted by atomic mass is 79.9. The maximum atomic E-state index is 12.8. The molecule has 0 atom stereocenters. The fraction of sp³-hybridized carbons (Fsp3) is 0.400. The van der Waals surface area contributed by atoms with Crippen molar-refractivity contribution in [2.45, 2.75) is 19.0 Å². The van der Waals surface area contributed by atoms with Crippen LogP contribution in [0, 0.1) is 6.92 Å². The Morgan fingerprint density at radius 1 is 1.25 bits per heavy atom. The van der Waals surface area contributed by atoms with Crippen LogP contribution >= 0.6 is 15.9 Å². The molecule has 2 aromatic rings. The predicted molar refractivity (Wildman–Crippen MR) is 61.9 cm³/mol. The number of rotatable bonds is 3. The van der Waals surface area contributed by atoms with Crippen LogP contribution in [0.25, 0.3) is 5.65 Å². The van der Waals surface area contributed by atoms with E-state index in [9.17, 15) is 22.0 Å². The third-order valence-corrected chi connectivity index (χ3v) is 2.77. The topological polar surface area (TPSA) is 39.4 Å². The van der Waals surface area contributed by atoms with E-state index in [1.807, 2.05) is 0 Å². The van der Waals surface area contributed by atoms with E-state index in [1.165, 1.54) is 16.6 Å². The van der Waals surface area contributed by atoms with Gasteiger partial charge >= 0.3 is 12.1 Å². The summed E-state index contributed by atoms with van der Waals surface area (Å²) in [7, 11) is 0. The Balaban J connectivity index is 2.29. The molecule has 0 amide bonds. The summed E-state index contributed by atoms with van der Waals surface area (Å²) in [5, 5.41) is 3.90. The first kappa shape index (κ1) is 14.9. The number of fused-ring (bicyclic) bond motifs is 1. The number of hydrogen-bond acceptors (Lipinski definition) is 3. The summed E-state index contributed by atoms with van der Waals surface area (Å²) in [6, 6.07) is 2.73. The Morgan fingerprint density at radius 2 is 1.90 bits per heavy atom. The molecule has 0 bridgehead atoms. The van der Waals surface area contributed by atoms with Crippen molar-refractivity contribution in [1.29, 1.82) is 0 Å². The number of pyridine rings is 1. The van der Waals surface area contributed by atoms with Gasteiger partial charge in [0.05, 0.1) is 0 Å². The van der Waals surface area contributed by atoms with Crippen LogP contribution in [0.15, 0.2) is 16.9 Å². The quantitative estimate of drug-likeness (QED) is 0.788. The first-order valence-electron chi connectivity index (χ1n) is 5.21. The van der Waals surface area contributed by atoms with E-state index >= 15 is 0 Å². The number of halogens is 6. The molecule has 0 fully saturated rings. The number of aryl methyl sites for hydroxylation is 1. The Kier molecular flexibility index (Phi) is 3.61. The maximum absolute atomic E-state index is 12.8. The molecule has 0 saturated carbocycles. The zero-order valence-corrected chi connectivity index (χ0v) is 11.5. The van der Waals surface area contributed by atoms with Gasteiger partial charge < -0.3 is 4.74 Å². The van der Waals surface area contributed by atoms with Gasteiger partial charge in [0.2, 0.25) is 4.73 Å². The molecule has 0 radical (unpaired) electrons. The third-order valence-electron chi connectivity index (χ3n) is 2.44. The smallest absolute Gasteiger partial charge is 0.456 e. The second-order valence-electron chi connectivity index (χ2n) is 3.95. The molecule has 0 aliphatic heterocycles. The van der Waals surface area contributed by atoms with Crippen LogP contribution in [0.2, 0.25) is 0 Å². The van der Waals surface area contributed by atoms with Crippen LogP contribution < -0.4 is 4.74 Å². The second-order valence-corrected chi connectivity index (χ2v) is 4.66. The number of nitrogens with zero attached hydrogens (tertiary/aromatic N) is 3. The first-order valence-corrected chi connectivity index (χ1v) is 6.00. The van der Waals surface area contributed by atoms with Crippen molar-refractivity contribution in [2.24, 2.45) is 0 Å². The number of aromatic nitrogens is 3. The Morgan fingerprint density at radius 3 is 2.50 bits per heavy atom. The molecule has 0 spiro atoms. The normalized spacial score (nSPS) is 12.9. The molecule has 0 unspecified atom stereocenters. The highest BCUT2D eigenvalue weighted by molar-refractivity contribution is 9.10. The average Bonchev–Trinajstić information content (AvgIpc) is 2.69. The molecule has 10 heteroatoms. The van der Waals surface area contributed by atoms with Gasteiger partial charge in [-0.05, 0) is 35.0 Å². The highest BCUT2D eigenvalue weighted by Crippen LogP contribution is 2.36. The molecule has 0 saturated heterocycles. The van der Waals surface area contributed by atoms with Crippen LogP contribution in [0.5, 0.6) is 5.75 Å². The molecule has 2 rings (SSSR count). The van der Waals surface area contributed by atoms with Gasteiger partial charge in [0.1, 0.15) is 0 Å². The van der Waals surface area contributed by atoms with Gasteiger partial charge in [-0.3, -0.25) is 0 Å². The molecule has 0 aliphatic carbocycles. The first-order chi connectivity index (χ1) is 9.12. The fourth-order valence-corrected chi connectivity index (χ4v) is 1.72. The summed E-state index contributed by atoms with van der Waals surface area (Å²) >= 11 is 2.99. The maximum Gasteiger partial charge on any atom is 0.456 e. The van der Waals surface area contributed by atoms with E-state index in [2.05, 4.69) is 30.7 Å². The van der Waals surface area contributed by atoms with Crippen molar-refractivity contribution in [1.82, 2.24) is 14.6 Å². The minimum atomic E-state index is -5.66. The molecular weight excluding hydrogens is 353 g/mol. The molecule has 0 aliphatic rings. The Labute approximate surface area is 117 Å². The summed E-state index contributed by atoms with van der Waals surface area (Å²) in [6.07, 6.45) is -5.66. The minimum Gasteiger partial charge on any atom is -0.483 e. The lowest BCUT2D eigenvalue weighted by atomic mass is 10.3. The van der Waals surface area contributed by atoms with Gasteiger partial charge in [-0.25, -0.2) is 4.52 Å². The van der Waals surface area contributed by atoms with Crippen LogP contribution in [0.4, 0.5) is 22.0 Å². The number of alkyl halides is 5. The van der Waals surface area contributed by atoms with Crippen LogP contribution in [-0.2, 0) is 0 Å². The molecule has 2 aromatic heterocycles. The second kappa shape index (κ2) is 4.83. The summed E-state index contributed by atoms with van der Waals surface area (Å²) in [6.45, 7) is -0.151. The van der Waals surface area contributed by atoms with Crippen LogP contribution in [-0.4, -0.2) is 33.3 Å². The average molecular weight is 360 g/mol. The van der Waals surface area contributed by atoms with Crippen molar-refractivity contribution in [3.05, 3.63) is 22.6 Å². The number of hydrogen-bond donors (Lipinski definition) is 0. The fourth-order valence-electron chi connectivity index (χ4n) is 1.40. The van der Waals surface area contributed by atoms with E-state index in [-0.39, 0.29) is 16.1 Å². The van der Waals surface area contributed by atoms with E-state index in [1.54, 1.807) is 6.92 Å². The zero-order valence-electron chi connectivity index (χ0n) is 9.88. The monoisotopic (exact) mass is 359 g/mol. The lowest BCUT2D eigenvalue weighted by Crippen LogP contribution is -2.41. The predicted octanol–water partition coefficient (Wildman–Crippen LogP) is 3.38. The van der Waals surface area contributed by atoms with Crippen LogP contribution in [0.1, 0.15) is 5.69 Å². The summed E-state index contributed by atoms with van der Waals surface area (Å²) < 4.78 is 67.7. The lowest BCUT2D eigenvalue weighted by molar-refractivity contribution is -0.289. The van der Waals surface area contributed by atoms with Crippen molar-refractivity contribution in [3.63, 3.8) is 0 Å². The van der Waals surface area contributed by atoms with Gasteiger partial charge in [0, 0.05) is 5.69 Å². The van der Waals surface area contributed by atoms with Crippen molar-refractivity contribution >= 4 is 21.6 Å².